The van der Waals surface area contributed by atoms with Gasteiger partial charge in [-0.2, -0.15) is 5.10 Å². The first-order valence-electron chi connectivity index (χ1n) is 5.02. The molecule has 1 rings (SSSR count). The molecule has 0 fully saturated rings. The van der Waals surface area contributed by atoms with E-state index in [4.69, 9.17) is 17.3 Å². The summed E-state index contributed by atoms with van der Waals surface area (Å²) in [5.41, 5.74) is 8.29. The third-order valence-corrected chi connectivity index (χ3v) is 2.45. The normalized spacial score (nSPS) is 11.1. The third-order valence-electron chi connectivity index (χ3n) is 2.16. The molecule has 0 atom stereocenters. The Morgan fingerprint density at radius 1 is 1.59 bits per heavy atom. The Bertz CT molecular complexity index is 458. The average Bonchev–Trinajstić information content (AvgIpc) is 2.23. The number of carbonyl (C=O) groups excluding carboxylic acids is 1. The predicted octanol–water partition coefficient (Wildman–Crippen LogP) is 2.17. The van der Waals surface area contributed by atoms with E-state index in [2.05, 4.69) is 5.10 Å². The van der Waals surface area contributed by atoms with E-state index in [1.807, 2.05) is 19.3 Å². The number of halogens is 1. The first kappa shape index (κ1) is 13.3. The number of hydrogen-bond acceptors (Lipinski definition) is 3. The standard InChI is InChI=1S/C11H14ClN3O2/c1-6(2)7-3-8(5-14-15-11(13)17)10(16)9(12)4-7/h3-6,16H,1-2H3,(H3,13,15,17). The molecular weight excluding hydrogens is 242 g/mol. The van der Waals surface area contributed by atoms with E-state index < -0.39 is 6.03 Å². The molecule has 92 valence electrons. The summed E-state index contributed by atoms with van der Waals surface area (Å²) in [5.74, 6) is 0.190. The van der Waals surface area contributed by atoms with Crippen LogP contribution in [0, 0.1) is 0 Å². The fraction of sp³-hybridized carbons (Fsp3) is 0.273. The molecule has 0 spiro atoms. The lowest BCUT2D eigenvalue weighted by Gasteiger charge is -2.09. The van der Waals surface area contributed by atoms with Crippen LogP contribution in [0.5, 0.6) is 5.75 Å². The van der Waals surface area contributed by atoms with E-state index in [1.54, 1.807) is 12.1 Å². The van der Waals surface area contributed by atoms with Gasteiger partial charge in [0.15, 0.2) is 0 Å². The van der Waals surface area contributed by atoms with Crippen molar-refractivity contribution in [3.05, 3.63) is 28.3 Å². The molecule has 1 aromatic rings. The molecule has 0 aliphatic rings. The fourth-order valence-corrected chi connectivity index (χ4v) is 1.47. The summed E-state index contributed by atoms with van der Waals surface area (Å²) in [5, 5.41) is 13.5. The molecule has 0 aromatic heterocycles. The van der Waals surface area contributed by atoms with Crippen LogP contribution in [-0.2, 0) is 0 Å². The first-order valence-corrected chi connectivity index (χ1v) is 5.40. The largest absolute Gasteiger partial charge is 0.506 e. The minimum absolute atomic E-state index is 0.0777. The first-order chi connectivity index (χ1) is 7.91. The number of hydrogen-bond donors (Lipinski definition) is 3. The van der Waals surface area contributed by atoms with Crippen molar-refractivity contribution < 1.29 is 9.90 Å². The number of rotatable bonds is 3. The Hall–Kier alpha value is -1.75. The van der Waals surface area contributed by atoms with Crippen LogP contribution in [0.3, 0.4) is 0 Å². The molecule has 0 heterocycles. The lowest BCUT2D eigenvalue weighted by atomic mass is 10.0. The minimum atomic E-state index is -0.771. The number of nitrogens with zero attached hydrogens (tertiary/aromatic N) is 1. The lowest BCUT2D eigenvalue weighted by molar-refractivity contribution is 0.249. The van der Waals surface area contributed by atoms with Crippen LogP contribution in [-0.4, -0.2) is 17.4 Å². The highest BCUT2D eigenvalue weighted by Crippen LogP contribution is 2.30. The topological polar surface area (TPSA) is 87.7 Å². The van der Waals surface area contributed by atoms with Gasteiger partial charge in [-0.05, 0) is 23.6 Å². The molecule has 0 bridgehead atoms. The minimum Gasteiger partial charge on any atom is -0.506 e. The zero-order chi connectivity index (χ0) is 13.0. The van der Waals surface area contributed by atoms with Gasteiger partial charge < -0.3 is 10.8 Å². The number of amides is 2. The van der Waals surface area contributed by atoms with Gasteiger partial charge in [0.05, 0.1) is 11.2 Å². The van der Waals surface area contributed by atoms with Crippen molar-refractivity contribution >= 4 is 23.8 Å². The van der Waals surface area contributed by atoms with Crippen molar-refractivity contribution in [3.8, 4) is 5.75 Å². The molecule has 0 saturated carbocycles. The van der Waals surface area contributed by atoms with Crippen molar-refractivity contribution in [1.82, 2.24) is 5.43 Å². The van der Waals surface area contributed by atoms with Crippen molar-refractivity contribution in [1.29, 1.82) is 0 Å². The second-order valence-corrected chi connectivity index (χ2v) is 4.24. The number of aromatic hydroxyl groups is 1. The molecule has 5 nitrogen and oxygen atoms in total. The van der Waals surface area contributed by atoms with Gasteiger partial charge in [-0.3, -0.25) is 0 Å². The molecule has 0 unspecified atom stereocenters. The molecule has 0 radical (unpaired) electrons. The number of primary amides is 1. The van der Waals surface area contributed by atoms with Gasteiger partial charge in [0.2, 0.25) is 0 Å². The summed E-state index contributed by atoms with van der Waals surface area (Å²) >= 11 is 5.88. The van der Waals surface area contributed by atoms with Crippen LogP contribution < -0.4 is 11.2 Å². The Morgan fingerprint density at radius 3 is 2.76 bits per heavy atom. The van der Waals surface area contributed by atoms with Crippen LogP contribution in [0.4, 0.5) is 4.79 Å². The lowest BCUT2D eigenvalue weighted by Crippen LogP contribution is -2.24. The molecule has 0 saturated heterocycles. The number of urea groups is 1. The summed E-state index contributed by atoms with van der Waals surface area (Å²) in [6.07, 6.45) is 1.29. The molecule has 4 N–H and O–H groups in total. The Balaban J connectivity index is 3.05. The van der Waals surface area contributed by atoms with E-state index in [0.29, 0.717) is 5.56 Å². The van der Waals surface area contributed by atoms with Crippen molar-refractivity contribution in [2.45, 2.75) is 19.8 Å². The Kier molecular flexibility index (Phi) is 4.34. The van der Waals surface area contributed by atoms with Crippen LogP contribution in [0.2, 0.25) is 5.02 Å². The molecule has 0 aliphatic heterocycles. The number of benzene rings is 1. The summed E-state index contributed by atoms with van der Waals surface area (Å²) in [6, 6.07) is 2.67. The SMILES string of the molecule is CC(C)c1cc(Cl)c(O)c(C=NNC(N)=O)c1. The molecule has 1 aromatic carbocycles. The number of hydrazone groups is 1. The van der Waals surface area contributed by atoms with Crippen LogP contribution >= 0.6 is 11.6 Å². The molecule has 17 heavy (non-hydrogen) atoms. The van der Waals surface area contributed by atoms with Gasteiger partial charge in [-0.1, -0.05) is 25.4 Å². The van der Waals surface area contributed by atoms with Crippen LogP contribution in [0.15, 0.2) is 17.2 Å². The number of nitrogens with two attached hydrogens (primary N) is 1. The highest BCUT2D eigenvalue weighted by Gasteiger charge is 2.09. The van der Waals surface area contributed by atoms with E-state index in [0.717, 1.165) is 5.56 Å². The van der Waals surface area contributed by atoms with Crippen LogP contribution in [0.1, 0.15) is 30.9 Å². The van der Waals surface area contributed by atoms with Gasteiger partial charge in [0.1, 0.15) is 5.75 Å². The van der Waals surface area contributed by atoms with E-state index in [-0.39, 0.29) is 16.7 Å². The monoisotopic (exact) mass is 255 g/mol. The Morgan fingerprint density at radius 2 is 2.24 bits per heavy atom. The van der Waals surface area contributed by atoms with Gasteiger partial charge in [0, 0.05) is 5.56 Å². The zero-order valence-electron chi connectivity index (χ0n) is 9.57. The second kappa shape index (κ2) is 5.54. The zero-order valence-corrected chi connectivity index (χ0v) is 10.3. The summed E-state index contributed by atoms with van der Waals surface area (Å²) in [6.45, 7) is 4.01. The summed E-state index contributed by atoms with van der Waals surface area (Å²) < 4.78 is 0. The maximum Gasteiger partial charge on any atom is 0.332 e. The summed E-state index contributed by atoms with van der Waals surface area (Å²) in [4.78, 5) is 10.4. The predicted molar refractivity (Wildman–Crippen MR) is 67.5 cm³/mol. The molecule has 0 aliphatic carbocycles. The number of carbonyl (C=O) groups is 1. The smallest absolute Gasteiger partial charge is 0.332 e. The van der Waals surface area contributed by atoms with Crippen molar-refractivity contribution in [3.63, 3.8) is 0 Å². The van der Waals surface area contributed by atoms with Crippen molar-refractivity contribution in [2.75, 3.05) is 0 Å². The van der Waals surface area contributed by atoms with Gasteiger partial charge in [-0.15, -0.1) is 0 Å². The number of nitrogens with one attached hydrogen (secondary N) is 1. The van der Waals surface area contributed by atoms with E-state index in [9.17, 15) is 9.90 Å². The van der Waals surface area contributed by atoms with E-state index >= 15 is 0 Å². The quantitative estimate of drug-likeness (QED) is 0.571. The summed E-state index contributed by atoms with van der Waals surface area (Å²) in [7, 11) is 0. The van der Waals surface area contributed by atoms with Gasteiger partial charge >= 0.3 is 6.03 Å². The average molecular weight is 256 g/mol. The second-order valence-electron chi connectivity index (χ2n) is 3.83. The third kappa shape index (κ3) is 3.64. The molecule has 6 heteroatoms. The van der Waals surface area contributed by atoms with E-state index in [1.165, 1.54) is 6.21 Å². The molecule has 2 amide bonds. The number of phenols is 1. The highest BCUT2D eigenvalue weighted by atomic mass is 35.5. The van der Waals surface area contributed by atoms with Gasteiger partial charge in [-0.25, -0.2) is 10.2 Å². The van der Waals surface area contributed by atoms with Crippen LogP contribution in [0.25, 0.3) is 0 Å². The number of phenolic OH excluding ortho intramolecular Hbond substituents is 1. The Labute approximate surface area is 104 Å². The van der Waals surface area contributed by atoms with Crippen molar-refractivity contribution in [2.24, 2.45) is 10.8 Å². The van der Waals surface area contributed by atoms with Gasteiger partial charge in [0.25, 0.3) is 0 Å². The fourth-order valence-electron chi connectivity index (χ4n) is 1.24. The maximum atomic E-state index is 10.4. The molecular formula is C11H14ClN3O2. The maximum absolute atomic E-state index is 10.4. The highest BCUT2D eigenvalue weighted by molar-refractivity contribution is 6.32.